The summed E-state index contributed by atoms with van der Waals surface area (Å²) in [5, 5.41) is 0.711. The Morgan fingerprint density at radius 3 is 2.29 bits per heavy atom. The van der Waals surface area contributed by atoms with Crippen LogP contribution in [0, 0.1) is 0 Å². The number of sulfone groups is 1. The fraction of sp³-hybridized carbons (Fsp3) is 0.261. The Labute approximate surface area is 210 Å². The molecular formula is C23H21Cl2F3N2O4S. The van der Waals surface area contributed by atoms with E-state index < -0.39 is 27.8 Å². The third-order valence-electron chi connectivity index (χ3n) is 5.02. The summed E-state index contributed by atoms with van der Waals surface area (Å²) in [7, 11) is -2.08. The van der Waals surface area contributed by atoms with Gasteiger partial charge in [-0.1, -0.05) is 47.5 Å². The van der Waals surface area contributed by atoms with Crippen molar-refractivity contribution in [2.75, 3.05) is 25.6 Å². The molecule has 1 aromatic heterocycles. The molecule has 0 saturated carbocycles. The summed E-state index contributed by atoms with van der Waals surface area (Å²) in [4.78, 5) is 13.7. The van der Waals surface area contributed by atoms with Gasteiger partial charge in [0.25, 0.3) is 0 Å². The Morgan fingerprint density at radius 2 is 1.71 bits per heavy atom. The van der Waals surface area contributed by atoms with Crippen molar-refractivity contribution in [3.05, 3.63) is 75.9 Å². The lowest BCUT2D eigenvalue weighted by Crippen LogP contribution is -2.34. The van der Waals surface area contributed by atoms with Crippen LogP contribution in [0.3, 0.4) is 0 Å². The molecule has 3 rings (SSSR count). The summed E-state index contributed by atoms with van der Waals surface area (Å²) >= 11 is 11.9. The fourth-order valence-electron chi connectivity index (χ4n) is 3.24. The third kappa shape index (κ3) is 7.16. The normalized spacial score (nSPS) is 12.0. The first-order chi connectivity index (χ1) is 16.2. The number of hydrogen-bond acceptors (Lipinski definition) is 4. The number of benzene rings is 2. The lowest BCUT2D eigenvalue weighted by atomic mass is 10.1. The van der Waals surface area contributed by atoms with Crippen molar-refractivity contribution in [2.24, 2.45) is 0 Å². The largest absolute Gasteiger partial charge is 0.431 e. The maximum Gasteiger partial charge on any atom is 0.431 e. The molecule has 188 valence electrons. The van der Waals surface area contributed by atoms with Gasteiger partial charge in [-0.15, -0.1) is 0 Å². The number of aromatic nitrogens is 1. The average Bonchev–Trinajstić information content (AvgIpc) is 3.10. The number of hydrogen-bond donors (Lipinski definition) is 0. The molecule has 3 aromatic rings. The van der Waals surface area contributed by atoms with E-state index in [-0.39, 0.29) is 30.3 Å². The zero-order valence-electron chi connectivity index (χ0n) is 18.6. The summed E-state index contributed by atoms with van der Waals surface area (Å²) in [6.45, 7) is -0.492. The van der Waals surface area contributed by atoms with E-state index in [9.17, 15) is 26.4 Å². The van der Waals surface area contributed by atoms with E-state index >= 15 is 0 Å². The summed E-state index contributed by atoms with van der Waals surface area (Å²) in [6, 6.07) is 13.2. The van der Waals surface area contributed by atoms with E-state index in [1.807, 2.05) is 0 Å². The Balaban J connectivity index is 2.12. The third-order valence-corrected chi connectivity index (χ3v) is 6.43. The number of ether oxygens (including phenoxy) is 1. The van der Waals surface area contributed by atoms with Gasteiger partial charge >= 0.3 is 12.3 Å². The van der Waals surface area contributed by atoms with Gasteiger partial charge in [0.15, 0.2) is 0 Å². The molecule has 1 heterocycles. The molecule has 0 bridgehead atoms. The van der Waals surface area contributed by atoms with Gasteiger partial charge in [-0.05, 0) is 41.5 Å². The predicted octanol–water partition coefficient (Wildman–Crippen LogP) is 6.00. The maximum absolute atomic E-state index is 14.1. The number of amides is 1. The van der Waals surface area contributed by atoms with Gasteiger partial charge in [-0.25, -0.2) is 13.2 Å². The van der Waals surface area contributed by atoms with Crippen LogP contribution in [0.25, 0.3) is 11.1 Å². The van der Waals surface area contributed by atoms with Gasteiger partial charge in [0, 0.05) is 35.5 Å². The van der Waals surface area contributed by atoms with Gasteiger partial charge < -0.3 is 14.2 Å². The van der Waals surface area contributed by atoms with Crippen LogP contribution >= 0.6 is 23.2 Å². The highest BCUT2D eigenvalue weighted by Crippen LogP contribution is 2.41. The number of carbonyl (C=O) groups excluding carboxylic acids is 1. The molecule has 0 spiro atoms. The minimum Gasteiger partial charge on any atom is -0.392 e. The molecule has 0 N–H and O–H groups in total. The summed E-state index contributed by atoms with van der Waals surface area (Å²) in [6.07, 6.45) is -4.77. The van der Waals surface area contributed by atoms with Gasteiger partial charge in [0.05, 0.1) is 12.3 Å². The fourth-order valence-corrected chi connectivity index (χ4v) is 4.19. The second-order valence-electron chi connectivity index (χ2n) is 7.89. The van der Waals surface area contributed by atoms with Crippen LogP contribution in [0.2, 0.25) is 10.0 Å². The molecule has 6 nitrogen and oxygen atoms in total. The molecule has 35 heavy (non-hydrogen) atoms. The zero-order chi connectivity index (χ0) is 26.0. The van der Waals surface area contributed by atoms with Gasteiger partial charge in [-0.3, -0.25) is 0 Å². The Hall–Kier alpha value is -2.69. The van der Waals surface area contributed by atoms with Gasteiger partial charge in [0.1, 0.15) is 15.5 Å². The average molecular weight is 549 g/mol. The Bertz CT molecular complexity index is 1320. The van der Waals surface area contributed by atoms with E-state index in [0.717, 1.165) is 21.8 Å². The van der Waals surface area contributed by atoms with Crippen LogP contribution in [0.4, 0.5) is 18.0 Å². The minimum absolute atomic E-state index is 0.0147. The number of nitrogens with zero attached hydrogens (tertiary/aromatic N) is 2. The molecule has 0 saturated heterocycles. The second kappa shape index (κ2) is 10.5. The molecule has 0 aliphatic carbocycles. The van der Waals surface area contributed by atoms with Gasteiger partial charge in [-0.2, -0.15) is 13.2 Å². The highest BCUT2D eigenvalue weighted by Gasteiger charge is 2.38. The van der Waals surface area contributed by atoms with E-state index in [1.165, 1.54) is 37.4 Å². The monoisotopic (exact) mass is 548 g/mol. The van der Waals surface area contributed by atoms with Crippen LogP contribution in [-0.4, -0.2) is 49.6 Å². The van der Waals surface area contributed by atoms with Crippen molar-refractivity contribution < 1.29 is 31.1 Å². The van der Waals surface area contributed by atoms with E-state index in [2.05, 4.69) is 0 Å². The second-order valence-corrected chi connectivity index (χ2v) is 11.0. The summed E-state index contributed by atoms with van der Waals surface area (Å²) in [5.41, 5.74) is -0.236. The summed E-state index contributed by atoms with van der Waals surface area (Å²) < 4.78 is 71.4. The molecule has 0 unspecified atom stereocenters. The number of halogens is 5. The van der Waals surface area contributed by atoms with Crippen molar-refractivity contribution in [1.29, 1.82) is 0 Å². The first-order valence-electron chi connectivity index (χ1n) is 10.2. The molecular weight excluding hydrogens is 528 g/mol. The molecule has 0 atom stereocenters. The highest BCUT2D eigenvalue weighted by atomic mass is 35.5. The molecule has 0 radical (unpaired) electrons. The van der Waals surface area contributed by atoms with Crippen molar-refractivity contribution >= 4 is 39.1 Å². The smallest absolute Gasteiger partial charge is 0.392 e. The van der Waals surface area contributed by atoms with Crippen LogP contribution in [-0.2, 0) is 22.6 Å². The van der Waals surface area contributed by atoms with E-state index in [4.69, 9.17) is 27.9 Å². The van der Waals surface area contributed by atoms with Crippen molar-refractivity contribution in [1.82, 2.24) is 9.47 Å². The highest BCUT2D eigenvalue weighted by molar-refractivity contribution is 7.90. The predicted molar refractivity (Wildman–Crippen MR) is 129 cm³/mol. The Morgan fingerprint density at radius 1 is 1.06 bits per heavy atom. The lowest BCUT2D eigenvalue weighted by Gasteiger charge is -2.19. The molecule has 2 aromatic carbocycles. The van der Waals surface area contributed by atoms with E-state index in [1.54, 1.807) is 18.2 Å². The van der Waals surface area contributed by atoms with Crippen LogP contribution < -0.4 is 4.74 Å². The van der Waals surface area contributed by atoms with Crippen LogP contribution in [0.1, 0.15) is 11.3 Å². The number of carbonyl (C=O) groups is 1. The topological polar surface area (TPSA) is 68.6 Å². The quantitative estimate of drug-likeness (QED) is 0.363. The van der Waals surface area contributed by atoms with Crippen LogP contribution in [0.15, 0.2) is 54.6 Å². The summed E-state index contributed by atoms with van der Waals surface area (Å²) in [5.74, 6) is -0.684. The number of rotatable bonds is 7. The minimum atomic E-state index is -4.77. The van der Waals surface area contributed by atoms with Crippen molar-refractivity contribution in [3.8, 4) is 17.0 Å². The first kappa shape index (κ1) is 26.9. The van der Waals surface area contributed by atoms with Crippen molar-refractivity contribution in [3.63, 3.8) is 0 Å². The molecule has 0 fully saturated rings. The molecule has 0 aliphatic rings. The SMILES string of the molecule is CN(CCS(C)(=O)=O)C(=O)Oc1c(-c2ccc(Cl)cc2)cc(C(F)(F)F)n1Cc1cccc(Cl)c1. The number of alkyl halides is 3. The molecule has 1 amide bonds. The Kier molecular flexibility index (Phi) is 8.08. The van der Waals surface area contributed by atoms with Gasteiger partial charge in [0.2, 0.25) is 5.88 Å². The standard InChI is InChI=1S/C23H21Cl2F3N2O4S/c1-29(10-11-35(2,32)33)22(31)34-21-19(16-6-8-17(24)9-7-16)13-20(23(26,27)28)30(21)14-15-4-3-5-18(25)12-15/h3-9,12-13H,10-11,14H2,1-2H3. The lowest BCUT2D eigenvalue weighted by molar-refractivity contribution is -0.143. The molecule has 12 heteroatoms. The van der Waals surface area contributed by atoms with Crippen molar-refractivity contribution in [2.45, 2.75) is 12.7 Å². The van der Waals surface area contributed by atoms with E-state index in [0.29, 0.717) is 21.2 Å². The maximum atomic E-state index is 14.1. The first-order valence-corrected chi connectivity index (χ1v) is 13.0. The molecule has 0 aliphatic heterocycles. The zero-order valence-corrected chi connectivity index (χ0v) is 21.0. The van der Waals surface area contributed by atoms with Crippen LogP contribution in [0.5, 0.6) is 5.88 Å².